The van der Waals surface area contributed by atoms with Crippen molar-refractivity contribution in [1.29, 1.82) is 0 Å². The monoisotopic (exact) mass is 444 g/mol. The number of hydrogen-bond donors (Lipinski definition) is 1. The van der Waals surface area contributed by atoms with Crippen LogP contribution in [0.3, 0.4) is 0 Å². The molecule has 3 aliphatic heterocycles. The number of aryl methyl sites for hydroxylation is 1. The van der Waals surface area contributed by atoms with Crippen molar-refractivity contribution in [2.24, 2.45) is 0 Å². The van der Waals surface area contributed by atoms with Gasteiger partial charge in [0.2, 0.25) is 0 Å². The number of ether oxygens (including phenoxy) is 1. The van der Waals surface area contributed by atoms with Crippen molar-refractivity contribution < 1.29 is 14.6 Å². The Labute approximate surface area is 196 Å². The molecule has 5 nitrogen and oxygen atoms in total. The Kier molecular flexibility index (Phi) is 7.43. The Hall–Kier alpha value is -3.15. The lowest BCUT2D eigenvalue weighted by Gasteiger charge is -2.29. The third-order valence-electron chi connectivity index (χ3n) is 6.25. The summed E-state index contributed by atoms with van der Waals surface area (Å²) in [6.45, 7) is 4.76. The highest BCUT2D eigenvalue weighted by Gasteiger charge is 2.21. The van der Waals surface area contributed by atoms with Crippen molar-refractivity contribution >= 4 is 11.5 Å². The van der Waals surface area contributed by atoms with Crippen molar-refractivity contribution in [3.63, 3.8) is 0 Å². The minimum absolute atomic E-state index is 0.0615. The predicted octanol–water partition coefficient (Wildman–Crippen LogP) is 4.39. The van der Waals surface area contributed by atoms with Crippen LogP contribution in [0.5, 0.6) is 5.75 Å². The van der Waals surface area contributed by atoms with E-state index in [1.165, 1.54) is 5.57 Å². The van der Waals surface area contributed by atoms with Crippen LogP contribution in [-0.4, -0.2) is 54.2 Å². The number of nitrogens with zero attached hydrogens (tertiary/aromatic N) is 2. The molecule has 0 aliphatic carbocycles. The fourth-order valence-electron chi connectivity index (χ4n) is 4.45. The van der Waals surface area contributed by atoms with E-state index in [9.17, 15) is 4.79 Å². The Balaban J connectivity index is 1.61. The molecule has 0 aromatic heterocycles. The zero-order chi connectivity index (χ0) is 23.2. The molecule has 1 aromatic carbocycles. The van der Waals surface area contributed by atoms with Crippen molar-refractivity contribution in [2.45, 2.75) is 26.2 Å². The summed E-state index contributed by atoms with van der Waals surface area (Å²) < 4.78 is 5.51. The van der Waals surface area contributed by atoms with Gasteiger partial charge in [0.05, 0.1) is 13.7 Å². The molecule has 0 fully saturated rings. The second-order valence-corrected chi connectivity index (χ2v) is 8.46. The highest BCUT2D eigenvalue weighted by Crippen LogP contribution is 2.30. The van der Waals surface area contributed by atoms with Crippen LogP contribution in [0.2, 0.25) is 0 Å². The van der Waals surface area contributed by atoms with E-state index in [0.717, 1.165) is 66.1 Å². The maximum atomic E-state index is 13.3. The number of aliphatic hydroxyl groups excluding tert-OH is 1. The van der Waals surface area contributed by atoms with Gasteiger partial charge in [-0.05, 0) is 65.0 Å². The summed E-state index contributed by atoms with van der Waals surface area (Å²) in [6, 6.07) is 6.12. The van der Waals surface area contributed by atoms with Crippen molar-refractivity contribution in [2.75, 3.05) is 33.4 Å². The second-order valence-electron chi connectivity index (χ2n) is 8.46. The smallest absolute Gasteiger partial charge is 0.255 e. The molecule has 4 rings (SSSR count). The number of carbonyl (C=O) groups excluding carboxylic acids is 1. The summed E-state index contributed by atoms with van der Waals surface area (Å²) >= 11 is 0. The molecule has 0 atom stereocenters. The minimum atomic E-state index is -0.0615. The number of amides is 1. The highest BCUT2D eigenvalue weighted by molar-refractivity contribution is 6.00. The molecule has 5 heteroatoms. The number of benzene rings is 1. The summed E-state index contributed by atoms with van der Waals surface area (Å²) in [5.74, 6) is 0.824. The Bertz CT molecular complexity index is 1090. The van der Waals surface area contributed by atoms with Crippen LogP contribution < -0.4 is 4.74 Å². The molecule has 1 amide bonds. The molecule has 0 saturated carbocycles. The van der Waals surface area contributed by atoms with E-state index in [-0.39, 0.29) is 12.5 Å². The number of β-amino-alcohol motifs (C(OH)–C–C–N with tert-alkyl or cyclic N) is 1. The molecule has 0 spiro atoms. The summed E-state index contributed by atoms with van der Waals surface area (Å²) in [6.07, 6.45) is 18.8. The first-order chi connectivity index (χ1) is 16.1. The van der Waals surface area contributed by atoms with Gasteiger partial charge in [0.1, 0.15) is 5.75 Å². The van der Waals surface area contributed by atoms with Gasteiger partial charge < -0.3 is 9.84 Å². The van der Waals surface area contributed by atoms with Crippen LogP contribution in [0.4, 0.5) is 0 Å². The van der Waals surface area contributed by atoms with E-state index in [2.05, 4.69) is 30.0 Å². The molecule has 3 aliphatic rings. The fraction of sp³-hybridized carbons (Fsp3) is 0.321. The van der Waals surface area contributed by atoms with E-state index < -0.39 is 0 Å². The zero-order valence-electron chi connectivity index (χ0n) is 19.5. The van der Waals surface area contributed by atoms with E-state index in [1.54, 1.807) is 18.1 Å². The molecule has 3 heterocycles. The summed E-state index contributed by atoms with van der Waals surface area (Å²) in [7, 11) is 1.69. The lowest BCUT2D eigenvalue weighted by molar-refractivity contribution is -0.122. The van der Waals surface area contributed by atoms with E-state index >= 15 is 0 Å². The number of rotatable bonds is 7. The standard InChI is InChI=1S/C28H32N2O3/c1-3-5-24-18-23(9-11-27(24)33-2)22-6-4-7-26-10-8-25(20-30(26)28(32)19-22)21-12-14-29(15-13-21)16-17-31/h4,6-12,18-20,31H,3,5,13-17H2,1-2H3/b6-4?,22-19?,26-7+. The average Bonchev–Trinajstić information content (AvgIpc) is 2.83. The molecule has 33 heavy (non-hydrogen) atoms. The zero-order valence-corrected chi connectivity index (χ0v) is 19.5. The van der Waals surface area contributed by atoms with E-state index in [0.29, 0.717) is 6.54 Å². The summed E-state index contributed by atoms with van der Waals surface area (Å²) in [5, 5.41) is 9.16. The molecule has 1 N–H and O–H groups in total. The van der Waals surface area contributed by atoms with E-state index in [4.69, 9.17) is 9.84 Å². The maximum Gasteiger partial charge on any atom is 0.255 e. The number of methoxy groups -OCH3 is 1. The molecule has 0 bridgehead atoms. The number of fused-ring (bicyclic) bond motifs is 1. The largest absolute Gasteiger partial charge is 0.496 e. The SMILES string of the molecule is CCCc1cc(C2=CC(=O)N3C=C(C4=CCN(CCO)CC4)C=C/C3=C\C=C2)ccc1OC. The topological polar surface area (TPSA) is 53.0 Å². The van der Waals surface area contributed by atoms with Gasteiger partial charge in [-0.3, -0.25) is 14.6 Å². The van der Waals surface area contributed by atoms with Crippen molar-refractivity contribution in [1.82, 2.24) is 9.80 Å². The molecule has 1 aromatic rings. The van der Waals surface area contributed by atoms with Gasteiger partial charge >= 0.3 is 0 Å². The van der Waals surface area contributed by atoms with Crippen LogP contribution in [0.15, 0.2) is 83.8 Å². The third-order valence-corrected chi connectivity index (χ3v) is 6.25. The first-order valence-corrected chi connectivity index (χ1v) is 11.7. The van der Waals surface area contributed by atoms with Gasteiger partial charge in [-0.15, -0.1) is 0 Å². The average molecular weight is 445 g/mol. The quantitative estimate of drug-likeness (QED) is 0.678. The van der Waals surface area contributed by atoms with Gasteiger partial charge in [-0.25, -0.2) is 0 Å². The van der Waals surface area contributed by atoms with Crippen LogP contribution in [0.25, 0.3) is 5.57 Å². The van der Waals surface area contributed by atoms with Gasteiger partial charge in [-0.1, -0.05) is 43.7 Å². The van der Waals surface area contributed by atoms with Gasteiger partial charge in [0.25, 0.3) is 5.91 Å². The lowest BCUT2D eigenvalue weighted by Crippen LogP contribution is -2.32. The normalized spacial score (nSPS) is 20.2. The second kappa shape index (κ2) is 10.6. The first-order valence-electron chi connectivity index (χ1n) is 11.7. The van der Waals surface area contributed by atoms with Gasteiger partial charge in [0.15, 0.2) is 0 Å². The van der Waals surface area contributed by atoms with Crippen LogP contribution in [0, 0.1) is 0 Å². The van der Waals surface area contributed by atoms with Crippen molar-refractivity contribution in [3.05, 3.63) is 94.9 Å². The number of allylic oxidation sites excluding steroid dienone is 7. The van der Waals surface area contributed by atoms with Crippen LogP contribution in [0.1, 0.15) is 30.9 Å². The fourth-order valence-corrected chi connectivity index (χ4v) is 4.45. The highest BCUT2D eigenvalue weighted by atomic mass is 16.5. The Morgan fingerprint density at radius 2 is 2.03 bits per heavy atom. The lowest BCUT2D eigenvalue weighted by atomic mass is 9.96. The summed E-state index contributed by atoms with van der Waals surface area (Å²) in [5.41, 5.74) is 6.22. The third kappa shape index (κ3) is 5.27. The molecule has 0 unspecified atom stereocenters. The Morgan fingerprint density at radius 3 is 2.76 bits per heavy atom. The van der Waals surface area contributed by atoms with Crippen LogP contribution >= 0.6 is 0 Å². The summed E-state index contributed by atoms with van der Waals surface area (Å²) in [4.78, 5) is 17.3. The van der Waals surface area contributed by atoms with Gasteiger partial charge in [-0.2, -0.15) is 0 Å². The number of aliphatic hydroxyl groups is 1. The molecule has 172 valence electrons. The van der Waals surface area contributed by atoms with Gasteiger partial charge in [0, 0.05) is 37.6 Å². The molecule has 0 saturated heterocycles. The minimum Gasteiger partial charge on any atom is -0.496 e. The molecule has 0 radical (unpaired) electrons. The van der Waals surface area contributed by atoms with E-state index in [1.807, 2.05) is 42.6 Å². The maximum absolute atomic E-state index is 13.3. The Morgan fingerprint density at radius 1 is 1.15 bits per heavy atom. The molecular weight excluding hydrogens is 412 g/mol. The number of hydrogen-bond acceptors (Lipinski definition) is 4. The van der Waals surface area contributed by atoms with Crippen molar-refractivity contribution in [3.8, 4) is 5.75 Å². The van der Waals surface area contributed by atoms with Crippen LogP contribution in [-0.2, 0) is 11.2 Å². The predicted molar refractivity (Wildman–Crippen MR) is 132 cm³/mol. The first kappa shape index (κ1) is 23.0. The molecular formula is C28H32N2O3. The number of carbonyl (C=O) groups is 1.